The van der Waals surface area contributed by atoms with Gasteiger partial charge in [-0.2, -0.15) is 0 Å². The van der Waals surface area contributed by atoms with Crippen LogP contribution in [0.4, 0.5) is 75.5 Å². The van der Waals surface area contributed by atoms with Crippen molar-refractivity contribution in [1.82, 2.24) is 34.6 Å². The monoisotopic (exact) mass is 964 g/mol. The van der Waals surface area contributed by atoms with Gasteiger partial charge in [0.15, 0.2) is 19.4 Å². The van der Waals surface area contributed by atoms with Crippen molar-refractivity contribution in [2.45, 2.75) is 0 Å². The van der Waals surface area contributed by atoms with Gasteiger partial charge in [0.2, 0.25) is 0 Å². The van der Waals surface area contributed by atoms with Gasteiger partial charge < -0.3 is 24.6 Å². The minimum absolute atomic E-state index is 0. The van der Waals surface area contributed by atoms with E-state index in [4.69, 9.17) is 10.1 Å². The standard InChI is InChI=1S/C15H11N2.C5H5N.CH3NO2.3F6P.4H3N.Ru/c1-17-12-8-15(9-13-17)5-3-2-4-14-6-10-16-11-7-14;1-2-4-6-5-3-1;1-2(3)4;3*1-7(2,3,4,5)6;;;;;/h6-13H,1H3;1-5H;1H3;;;;4*1H3;/q+1;;;3*-1;;;;;+6. The van der Waals surface area contributed by atoms with Crippen LogP contribution in [0, 0.1) is 33.8 Å². The Morgan fingerprint density at radius 2 is 0.774 bits per heavy atom. The Bertz CT molecular complexity index is 1450. The maximum atomic E-state index is 9.87. The van der Waals surface area contributed by atoms with E-state index >= 15 is 0 Å². The van der Waals surface area contributed by atoms with Crippen LogP contribution >= 0.6 is 23.4 Å². The molecule has 53 heavy (non-hydrogen) atoms. The molecule has 0 atom stereocenters. The average molecular weight is 963 g/mol. The van der Waals surface area contributed by atoms with E-state index < -0.39 is 28.3 Å². The molecule has 3 aromatic heterocycles. The molecule has 0 saturated carbocycles. The molecule has 0 aliphatic carbocycles. The number of aromatic nitrogens is 3. The molecule has 10 nitrogen and oxygen atoms in total. The second-order valence-electron chi connectivity index (χ2n) is 7.83. The van der Waals surface area contributed by atoms with Crippen LogP contribution in [0.5, 0.6) is 0 Å². The molecule has 0 aromatic carbocycles. The van der Waals surface area contributed by atoms with Crippen LogP contribution in [0.3, 0.4) is 0 Å². The summed E-state index contributed by atoms with van der Waals surface area (Å²) in [6, 6.07) is 13.4. The SMILES string of the molecule is C[N+](=O)[O-].C[n+]1ccc(C#CC#Cc2ccncc2)cc1.F[P-](F)(F)(F)(F)F.F[P-](F)(F)(F)(F)F.F[P-](F)(F)(F)(F)F.N.N.N.N.[Ru+6].c1ccncc1. The number of pyridine rings is 3. The first kappa shape index (κ1) is 67.6. The molecule has 0 spiro atoms. The van der Waals surface area contributed by atoms with Crippen molar-refractivity contribution >= 4 is 23.4 Å². The van der Waals surface area contributed by atoms with Gasteiger partial charge in [-0.15, -0.1) is 0 Å². The van der Waals surface area contributed by atoms with Crippen LogP contribution in [0.2, 0.25) is 0 Å². The molecule has 12 N–H and O–H groups in total. The Labute approximate surface area is 301 Å². The third kappa shape index (κ3) is 139. The Balaban J connectivity index is -0.0000000810. The van der Waals surface area contributed by atoms with Crippen molar-refractivity contribution < 1.29 is 105 Å². The number of nitrogens with zero attached hydrogens (tertiary/aromatic N) is 4. The van der Waals surface area contributed by atoms with Gasteiger partial charge in [-0.3, -0.25) is 20.1 Å². The molecule has 0 bridgehead atoms. The van der Waals surface area contributed by atoms with Crippen molar-refractivity contribution in [3.05, 3.63) is 101 Å². The maximum absolute atomic E-state index is 10.7. The van der Waals surface area contributed by atoms with Crippen molar-refractivity contribution in [3.63, 3.8) is 0 Å². The zero-order valence-electron chi connectivity index (χ0n) is 26.4. The second kappa shape index (κ2) is 20.8. The third-order valence-electron chi connectivity index (χ3n) is 2.70. The van der Waals surface area contributed by atoms with E-state index in [1.807, 2.05) is 66.5 Å². The zero-order valence-corrected chi connectivity index (χ0v) is 30.9. The number of nitro groups is 1. The summed E-state index contributed by atoms with van der Waals surface area (Å²) in [5, 5.41) is 8.81. The summed E-state index contributed by atoms with van der Waals surface area (Å²) in [4.78, 5) is 16.0. The van der Waals surface area contributed by atoms with Crippen LogP contribution in [0.15, 0.2) is 79.6 Å². The number of rotatable bonds is 0. The summed E-state index contributed by atoms with van der Waals surface area (Å²) in [5.74, 6) is 11.6. The molecule has 0 aliphatic rings. The summed E-state index contributed by atoms with van der Waals surface area (Å²) in [6.45, 7) is 0. The van der Waals surface area contributed by atoms with Crippen molar-refractivity contribution in [3.8, 4) is 23.7 Å². The van der Waals surface area contributed by atoms with Crippen LogP contribution in [-0.4, -0.2) is 21.9 Å². The van der Waals surface area contributed by atoms with E-state index in [9.17, 15) is 75.5 Å². The van der Waals surface area contributed by atoms with Gasteiger partial charge in [0.1, 0.15) is 7.05 Å². The molecule has 0 radical (unpaired) electrons. The van der Waals surface area contributed by atoms with Gasteiger partial charge in [0, 0.05) is 53.0 Å². The normalized spacial score (nSPS) is 13.3. The molecule has 0 saturated heterocycles. The Hall–Kier alpha value is -3.54. The van der Waals surface area contributed by atoms with Crippen LogP contribution in [-0.2, 0) is 26.5 Å². The second-order valence-corrected chi connectivity index (χ2v) is 13.6. The first-order chi connectivity index (χ1) is 20.4. The van der Waals surface area contributed by atoms with E-state index in [1.54, 1.807) is 24.8 Å². The van der Waals surface area contributed by atoms with Gasteiger partial charge in [-0.25, -0.2) is 4.57 Å². The van der Waals surface area contributed by atoms with Crippen LogP contribution in [0.1, 0.15) is 11.1 Å². The molecule has 3 rings (SSSR count). The summed E-state index contributed by atoms with van der Waals surface area (Å²) in [7, 11) is -29.1. The summed E-state index contributed by atoms with van der Waals surface area (Å²) < 4.78 is 180. The maximum Gasteiger partial charge on any atom is 6.00 e. The van der Waals surface area contributed by atoms with Crippen molar-refractivity contribution in [2.75, 3.05) is 7.05 Å². The van der Waals surface area contributed by atoms with Gasteiger partial charge in [-0.1, -0.05) is 17.9 Å². The fourth-order valence-corrected chi connectivity index (χ4v) is 1.54. The van der Waals surface area contributed by atoms with E-state index in [-0.39, 0.29) is 44.1 Å². The molecule has 0 aliphatic heterocycles. The predicted octanol–water partition coefficient (Wildman–Crippen LogP) is 13.1. The Kier molecular flexibility index (Phi) is 26.5. The van der Waals surface area contributed by atoms with Crippen LogP contribution < -0.4 is 29.2 Å². The predicted molar refractivity (Wildman–Crippen MR) is 164 cm³/mol. The average Bonchev–Trinajstić information content (AvgIpc) is 2.79. The fourth-order valence-electron chi connectivity index (χ4n) is 1.54. The smallest absolute Gasteiger partial charge is 0.344 e. The first-order valence-electron chi connectivity index (χ1n) is 10.9. The summed E-state index contributed by atoms with van der Waals surface area (Å²) in [6.07, 6.45) is 10.9. The fraction of sp³-hybridized carbons (Fsp3) is 0.0952. The minimum atomic E-state index is -10.7. The number of halogens is 18. The molecule has 3 heterocycles. The van der Waals surface area contributed by atoms with Gasteiger partial charge in [0.05, 0.1) is 0 Å². The largest absolute Gasteiger partial charge is 6.00 e. The molecule has 0 amide bonds. The van der Waals surface area contributed by atoms with Gasteiger partial charge in [-0.05, 0) is 36.1 Å². The molecule has 32 heteroatoms. The number of hydrogen-bond donors (Lipinski definition) is 4. The van der Waals surface area contributed by atoms with E-state index in [0.29, 0.717) is 0 Å². The third-order valence-corrected chi connectivity index (χ3v) is 2.70. The van der Waals surface area contributed by atoms with E-state index in [1.165, 1.54) is 0 Å². The molecule has 312 valence electrons. The first-order valence-corrected chi connectivity index (χ1v) is 17.0. The van der Waals surface area contributed by atoms with E-state index in [2.05, 4.69) is 33.6 Å². The van der Waals surface area contributed by atoms with E-state index in [0.717, 1.165) is 18.2 Å². The summed E-state index contributed by atoms with van der Waals surface area (Å²) >= 11 is 0. The quantitative estimate of drug-likeness (QED) is 0.0323. The number of aryl methyl sites for hydroxylation is 1. The zero-order chi connectivity index (χ0) is 39.0. The molecular weight excluding hydrogens is 932 g/mol. The molecule has 0 unspecified atom stereocenters. The van der Waals surface area contributed by atoms with Crippen molar-refractivity contribution in [2.24, 2.45) is 7.05 Å². The summed E-state index contributed by atoms with van der Waals surface area (Å²) in [5.41, 5.74) is 1.89. The Morgan fingerprint density at radius 1 is 0.547 bits per heavy atom. The number of hydrogen-bond acceptors (Lipinski definition) is 8. The molecule has 0 fully saturated rings. The van der Waals surface area contributed by atoms with Crippen LogP contribution in [0.25, 0.3) is 0 Å². The minimum Gasteiger partial charge on any atom is -0.344 e. The molecule has 3 aromatic rings. The van der Waals surface area contributed by atoms with Gasteiger partial charge in [0.25, 0.3) is 0 Å². The Morgan fingerprint density at radius 3 is 0.981 bits per heavy atom. The molecular formula is C21H31F18N8O2P3Ru+4. The van der Waals surface area contributed by atoms with Gasteiger partial charge >= 0.3 is 118 Å². The topological polar surface area (TPSA) is 213 Å². The van der Waals surface area contributed by atoms with Crippen molar-refractivity contribution in [1.29, 1.82) is 0 Å².